The number of hydrogen-bond acceptors (Lipinski definition) is 3. The van der Waals surface area contributed by atoms with Gasteiger partial charge in [-0.3, -0.25) is 4.90 Å². The summed E-state index contributed by atoms with van der Waals surface area (Å²) in [7, 11) is 0. The molecule has 1 aromatic carbocycles. The molecule has 1 aliphatic rings. The molecule has 18 heavy (non-hydrogen) atoms. The van der Waals surface area contributed by atoms with Crippen LogP contribution in [-0.4, -0.2) is 31.0 Å². The highest BCUT2D eigenvalue weighted by molar-refractivity contribution is 5.49. The van der Waals surface area contributed by atoms with Gasteiger partial charge in [0.1, 0.15) is 18.8 Å². The minimum atomic E-state index is 0.582. The van der Waals surface area contributed by atoms with Gasteiger partial charge in [0, 0.05) is 19.5 Å². The third-order valence-corrected chi connectivity index (χ3v) is 3.57. The van der Waals surface area contributed by atoms with Crippen LogP contribution in [0.1, 0.15) is 24.8 Å². The first-order valence-corrected chi connectivity index (χ1v) is 6.63. The molecule has 0 atom stereocenters. The average Bonchev–Trinajstić information content (AvgIpc) is 2.40. The number of carbonyl (C=O) groups excluding carboxylic acids is 1. The van der Waals surface area contributed by atoms with Crippen LogP contribution in [0.25, 0.3) is 0 Å². The molecule has 3 heteroatoms. The average molecular weight is 247 g/mol. The van der Waals surface area contributed by atoms with Crippen molar-refractivity contribution >= 4 is 6.29 Å². The Kier molecular flexibility index (Phi) is 4.76. The largest absolute Gasteiger partial charge is 0.478 e. The third kappa shape index (κ3) is 3.84. The van der Waals surface area contributed by atoms with Gasteiger partial charge in [-0.1, -0.05) is 17.7 Å². The minimum Gasteiger partial charge on any atom is -0.478 e. The van der Waals surface area contributed by atoms with E-state index < -0.39 is 0 Å². The molecule has 3 nitrogen and oxygen atoms in total. The van der Waals surface area contributed by atoms with Crippen molar-refractivity contribution < 1.29 is 9.53 Å². The summed E-state index contributed by atoms with van der Waals surface area (Å²) in [5, 5.41) is 0. The lowest BCUT2D eigenvalue weighted by atomic mass is 9.94. The SMILES string of the molecule is Cc1ccc(OCN2CCC(CC=O)CC2)cc1. The normalized spacial score (nSPS) is 17.6. The van der Waals surface area contributed by atoms with Crippen molar-refractivity contribution in [3.8, 4) is 5.75 Å². The zero-order valence-corrected chi connectivity index (χ0v) is 11.0. The molecule has 1 fully saturated rings. The highest BCUT2D eigenvalue weighted by atomic mass is 16.5. The second kappa shape index (κ2) is 6.55. The van der Waals surface area contributed by atoms with Gasteiger partial charge in [0.25, 0.3) is 0 Å². The summed E-state index contributed by atoms with van der Waals surface area (Å²) in [6, 6.07) is 8.14. The Morgan fingerprint density at radius 1 is 1.28 bits per heavy atom. The summed E-state index contributed by atoms with van der Waals surface area (Å²) in [4.78, 5) is 12.8. The van der Waals surface area contributed by atoms with E-state index in [2.05, 4.69) is 24.0 Å². The number of hydrogen-bond donors (Lipinski definition) is 0. The monoisotopic (exact) mass is 247 g/mol. The van der Waals surface area contributed by atoms with Gasteiger partial charge >= 0.3 is 0 Å². The van der Waals surface area contributed by atoms with Crippen LogP contribution in [0.2, 0.25) is 0 Å². The minimum absolute atomic E-state index is 0.582. The van der Waals surface area contributed by atoms with Crippen molar-refractivity contribution in [2.24, 2.45) is 5.92 Å². The van der Waals surface area contributed by atoms with E-state index in [0.29, 0.717) is 19.1 Å². The number of nitrogens with zero attached hydrogens (tertiary/aromatic N) is 1. The number of likely N-dealkylation sites (tertiary alicyclic amines) is 1. The van der Waals surface area contributed by atoms with Crippen LogP contribution in [0.5, 0.6) is 5.75 Å². The van der Waals surface area contributed by atoms with E-state index in [-0.39, 0.29) is 0 Å². The van der Waals surface area contributed by atoms with E-state index in [9.17, 15) is 4.79 Å². The first-order chi connectivity index (χ1) is 8.78. The maximum Gasteiger partial charge on any atom is 0.142 e. The Bertz CT molecular complexity index is 367. The Labute approximate surface area is 109 Å². The van der Waals surface area contributed by atoms with Gasteiger partial charge in [-0.05, 0) is 37.8 Å². The van der Waals surface area contributed by atoms with E-state index in [4.69, 9.17) is 4.74 Å². The molecule has 1 saturated heterocycles. The van der Waals surface area contributed by atoms with Gasteiger partial charge in [-0.2, -0.15) is 0 Å². The lowest BCUT2D eigenvalue weighted by molar-refractivity contribution is -0.109. The molecule has 98 valence electrons. The number of piperidine rings is 1. The number of carbonyl (C=O) groups is 1. The van der Waals surface area contributed by atoms with Gasteiger partial charge in [-0.25, -0.2) is 0 Å². The van der Waals surface area contributed by atoms with Crippen LogP contribution < -0.4 is 4.74 Å². The van der Waals surface area contributed by atoms with Crippen molar-refractivity contribution in [2.45, 2.75) is 26.2 Å². The zero-order chi connectivity index (χ0) is 12.8. The van der Waals surface area contributed by atoms with Crippen molar-refractivity contribution in [3.63, 3.8) is 0 Å². The zero-order valence-electron chi connectivity index (χ0n) is 11.0. The smallest absolute Gasteiger partial charge is 0.142 e. The Morgan fingerprint density at radius 2 is 1.94 bits per heavy atom. The lowest BCUT2D eigenvalue weighted by Crippen LogP contribution is -2.36. The fourth-order valence-corrected chi connectivity index (χ4v) is 2.29. The summed E-state index contributed by atoms with van der Waals surface area (Å²) in [5.74, 6) is 1.51. The lowest BCUT2D eigenvalue weighted by Gasteiger charge is -2.30. The van der Waals surface area contributed by atoms with Crippen LogP contribution >= 0.6 is 0 Å². The second-order valence-electron chi connectivity index (χ2n) is 5.05. The van der Waals surface area contributed by atoms with Gasteiger partial charge in [0.05, 0.1) is 0 Å². The molecule has 0 aliphatic carbocycles. The predicted molar refractivity (Wildman–Crippen MR) is 71.7 cm³/mol. The number of aryl methyl sites for hydroxylation is 1. The van der Waals surface area contributed by atoms with E-state index in [1.807, 2.05) is 12.1 Å². The standard InChI is InChI=1S/C15H21NO2/c1-13-2-4-15(5-3-13)18-12-16-9-6-14(7-10-16)8-11-17/h2-5,11,14H,6-10,12H2,1H3. The van der Waals surface area contributed by atoms with E-state index >= 15 is 0 Å². The summed E-state index contributed by atoms with van der Waals surface area (Å²) < 4.78 is 5.75. The number of rotatable bonds is 5. The molecular formula is C15H21NO2. The van der Waals surface area contributed by atoms with Crippen molar-refractivity contribution in [1.82, 2.24) is 4.90 Å². The molecule has 0 spiro atoms. The Balaban J connectivity index is 1.72. The molecular weight excluding hydrogens is 226 g/mol. The fourth-order valence-electron chi connectivity index (χ4n) is 2.29. The molecule has 0 saturated carbocycles. The molecule has 0 radical (unpaired) electrons. The molecule has 1 aliphatic heterocycles. The van der Waals surface area contributed by atoms with E-state index in [1.165, 1.54) is 5.56 Å². The Morgan fingerprint density at radius 3 is 2.56 bits per heavy atom. The van der Waals surface area contributed by atoms with Gasteiger partial charge in [0.15, 0.2) is 0 Å². The molecule has 0 amide bonds. The number of benzene rings is 1. The highest BCUT2D eigenvalue weighted by Gasteiger charge is 2.18. The third-order valence-electron chi connectivity index (χ3n) is 3.57. The molecule has 1 heterocycles. The molecule has 0 aromatic heterocycles. The van der Waals surface area contributed by atoms with Crippen LogP contribution in [0.15, 0.2) is 24.3 Å². The molecule has 0 N–H and O–H groups in total. The van der Waals surface area contributed by atoms with Gasteiger partial charge in [-0.15, -0.1) is 0 Å². The van der Waals surface area contributed by atoms with Crippen LogP contribution in [0.3, 0.4) is 0 Å². The maximum atomic E-state index is 10.5. The summed E-state index contributed by atoms with van der Waals surface area (Å²) in [6.07, 6.45) is 3.97. The van der Waals surface area contributed by atoms with E-state index in [0.717, 1.165) is 38.0 Å². The molecule has 0 unspecified atom stereocenters. The fraction of sp³-hybridized carbons (Fsp3) is 0.533. The molecule has 0 bridgehead atoms. The predicted octanol–water partition coefficient (Wildman–Crippen LogP) is 2.63. The Hall–Kier alpha value is -1.35. The van der Waals surface area contributed by atoms with Crippen LogP contribution in [-0.2, 0) is 4.79 Å². The van der Waals surface area contributed by atoms with Crippen molar-refractivity contribution in [1.29, 1.82) is 0 Å². The quantitative estimate of drug-likeness (QED) is 0.749. The molecule has 1 aromatic rings. The first-order valence-electron chi connectivity index (χ1n) is 6.63. The van der Waals surface area contributed by atoms with Gasteiger partial charge in [0.2, 0.25) is 0 Å². The van der Waals surface area contributed by atoms with Crippen LogP contribution in [0.4, 0.5) is 0 Å². The highest BCUT2D eigenvalue weighted by Crippen LogP contribution is 2.20. The summed E-state index contributed by atoms with van der Waals surface area (Å²) in [5.41, 5.74) is 1.25. The molecule has 2 rings (SSSR count). The number of aldehydes is 1. The van der Waals surface area contributed by atoms with Crippen molar-refractivity contribution in [3.05, 3.63) is 29.8 Å². The van der Waals surface area contributed by atoms with E-state index in [1.54, 1.807) is 0 Å². The topological polar surface area (TPSA) is 29.5 Å². The van der Waals surface area contributed by atoms with Crippen molar-refractivity contribution in [2.75, 3.05) is 19.8 Å². The summed E-state index contributed by atoms with van der Waals surface area (Å²) >= 11 is 0. The first kappa shape index (κ1) is 13.1. The maximum absolute atomic E-state index is 10.5. The second-order valence-corrected chi connectivity index (χ2v) is 5.05. The van der Waals surface area contributed by atoms with Crippen LogP contribution in [0, 0.1) is 12.8 Å². The summed E-state index contributed by atoms with van der Waals surface area (Å²) in [6.45, 7) is 4.78. The van der Waals surface area contributed by atoms with Gasteiger partial charge < -0.3 is 9.53 Å². The number of ether oxygens (including phenoxy) is 1.